The number of fused-ring (bicyclic) bond motifs is 1. The Balaban J connectivity index is 1.26. The molecule has 6 nitrogen and oxygen atoms in total. The predicted molar refractivity (Wildman–Crippen MR) is 196 cm³/mol. The summed E-state index contributed by atoms with van der Waals surface area (Å²) in [5, 5.41) is 9.28. The number of hydrogen-bond donors (Lipinski definition) is 3. The molecule has 6 rings (SSSR count). The highest BCUT2D eigenvalue weighted by molar-refractivity contribution is 8.00. The Hall–Kier alpha value is -6.13. The van der Waals surface area contributed by atoms with Crippen LogP contribution in [-0.2, 0) is 15.8 Å². The summed E-state index contributed by atoms with van der Waals surface area (Å²) in [4.78, 5) is 41.2. The maximum Gasteiger partial charge on any atom is 0.416 e. The minimum atomic E-state index is -4.56. The fourth-order valence-electron chi connectivity index (χ4n) is 5.34. The number of amides is 3. The first-order valence-electron chi connectivity index (χ1n) is 15.8. The summed E-state index contributed by atoms with van der Waals surface area (Å²) in [7, 11) is 0. The number of alkyl halides is 3. The lowest BCUT2D eigenvalue weighted by Crippen LogP contribution is -2.30. The largest absolute Gasteiger partial charge is 0.416 e. The lowest BCUT2D eigenvalue weighted by molar-refractivity contribution is -0.137. The third-order valence-corrected chi connectivity index (χ3v) is 9.04. The number of rotatable bonds is 10. The molecule has 0 aromatic heterocycles. The van der Waals surface area contributed by atoms with Crippen molar-refractivity contribution >= 4 is 57.7 Å². The van der Waals surface area contributed by atoms with Crippen LogP contribution < -0.4 is 16.0 Å². The number of anilines is 2. The van der Waals surface area contributed by atoms with Gasteiger partial charge in [0.25, 0.3) is 11.8 Å². The van der Waals surface area contributed by atoms with Crippen molar-refractivity contribution in [3.8, 4) is 0 Å². The van der Waals surface area contributed by atoms with Crippen molar-refractivity contribution in [2.45, 2.75) is 16.3 Å². The van der Waals surface area contributed by atoms with Crippen molar-refractivity contribution < 1.29 is 27.6 Å². The minimum Gasteiger partial charge on any atom is -0.325 e. The highest BCUT2D eigenvalue weighted by Crippen LogP contribution is 2.38. The van der Waals surface area contributed by atoms with Gasteiger partial charge in [-0.1, -0.05) is 103 Å². The molecule has 0 spiro atoms. The molecule has 51 heavy (non-hydrogen) atoms. The summed E-state index contributed by atoms with van der Waals surface area (Å²) in [5.41, 5.74) is 1.29. The maximum atomic E-state index is 13.8. The molecule has 0 heterocycles. The summed E-state index contributed by atoms with van der Waals surface area (Å²) in [5.74, 6) is -1.56. The van der Waals surface area contributed by atoms with Crippen molar-refractivity contribution in [2.75, 3.05) is 10.6 Å². The van der Waals surface area contributed by atoms with E-state index in [-0.39, 0.29) is 11.4 Å². The molecule has 0 saturated heterocycles. The van der Waals surface area contributed by atoms with Crippen LogP contribution in [0.5, 0.6) is 0 Å². The molecule has 1 atom stereocenters. The smallest absolute Gasteiger partial charge is 0.325 e. The van der Waals surface area contributed by atoms with Gasteiger partial charge in [-0.25, -0.2) is 0 Å². The molecule has 0 bridgehead atoms. The van der Waals surface area contributed by atoms with Gasteiger partial charge in [-0.2, -0.15) is 13.2 Å². The van der Waals surface area contributed by atoms with Crippen molar-refractivity contribution in [3.63, 3.8) is 0 Å². The normalized spacial score (nSPS) is 12.2. The zero-order chi connectivity index (χ0) is 35.8. The second-order valence-electron chi connectivity index (χ2n) is 11.4. The average Bonchev–Trinajstić information content (AvgIpc) is 3.14. The van der Waals surface area contributed by atoms with Crippen LogP contribution in [0.25, 0.3) is 16.8 Å². The van der Waals surface area contributed by atoms with Crippen molar-refractivity contribution in [1.82, 2.24) is 5.32 Å². The zero-order valence-corrected chi connectivity index (χ0v) is 27.7. The number of thioether (sulfide) groups is 1. The van der Waals surface area contributed by atoms with Crippen molar-refractivity contribution in [3.05, 3.63) is 180 Å². The third kappa shape index (κ3) is 8.92. The lowest BCUT2D eigenvalue weighted by Gasteiger charge is -2.18. The minimum absolute atomic E-state index is 0.0143. The van der Waals surface area contributed by atoms with Crippen LogP contribution in [0.4, 0.5) is 24.5 Å². The molecule has 3 N–H and O–H groups in total. The number of carbonyl (C=O) groups excluding carboxylic acids is 3. The van der Waals surface area contributed by atoms with Gasteiger partial charge in [0.1, 0.15) is 10.9 Å². The molecular formula is C41H30F3N3O3S. The molecule has 6 aromatic rings. The summed E-state index contributed by atoms with van der Waals surface area (Å²) in [6.45, 7) is 0. The van der Waals surface area contributed by atoms with Crippen LogP contribution in [0.15, 0.2) is 162 Å². The highest BCUT2D eigenvalue weighted by atomic mass is 32.2. The van der Waals surface area contributed by atoms with Gasteiger partial charge in [0.2, 0.25) is 5.91 Å². The third-order valence-electron chi connectivity index (χ3n) is 7.80. The van der Waals surface area contributed by atoms with E-state index in [0.717, 1.165) is 28.5 Å². The summed E-state index contributed by atoms with van der Waals surface area (Å²) in [6, 6.07) is 42.1. The van der Waals surface area contributed by atoms with Gasteiger partial charge < -0.3 is 16.0 Å². The van der Waals surface area contributed by atoms with Gasteiger partial charge in [-0.3, -0.25) is 14.4 Å². The van der Waals surface area contributed by atoms with Gasteiger partial charge in [-0.05, 0) is 76.5 Å². The van der Waals surface area contributed by atoms with E-state index in [0.29, 0.717) is 21.7 Å². The second kappa shape index (κ2) is 15.6. The highest BCUT2D eigenvalue weighted by Gasteiger charge is 2.31. The van der Waals surface area contributed by atoms with E-state index in [1.165, 1.54) is 23.9 Å². The summed E-state index contributed by atoms with van der Waals surface area (Å²) >= 11 is 1.17. The first kappa shape index (κ1) is 34.7. The Morgan fingerprint density at radius 1 is 0.647 bits per heavy atom. The number of nitrogens with one attached hydrogen (secondary N) is 3. The van der Waals surface area contributed by atoms with E-state index in [1.807, 2.05) is 42.5 Å². The number of halogens is 3. The van der Waals surface area contributed by atoms with Crippen LogP contribution in [0.1, 0.15) is 32.3 Å². The van der Waals surface area contributed by atoms with Gasteiger partial charge in [-0.15, -0.1) is 11.8 Å². The molecule has 0 aliphatic rings. The van der Waals surface area contributed by atoms with Crippen LogP contribution >= 0.6 is 11.8 Å². The van der Waals surface area contributed by atoms with E-state index in [1.54, 1.807) is 91.0 Å². The quantitative estimate of drug-likeness (QED) is 0.0981. The Bertz CT molecular complexity index is 2220. The Morgan fingerprint density at radius 3 is 2.02 bits per heavy atom. The van der Waals surface area contributed by atoms with Gasteiger partial charge in [0, 0.05) is 21.8 Å². The molecular weight excluding hydrogens is 672 g/mol. The molecule has 6 aromatic carbocycles. The monoisotopic (exact) mass is 701 g/mol. The molecule has 10 heteroatoms. The van der Waals surface area contributed by atoms with E-state index in [2.05, 4.69) is 16.0 Å². The molecule has 0 aliphatic heterocycles. The van der Waals surface area contributed by atoms with Gasteiger partial charge >= 0.3 is 6.18 Å². The van der Waals surface area contributed by atoms with Gasteiger partial charge in [0.15, 0.2) is 0 Å². The first-order valence-corrected chi connectivity index (χ1v) is 16.7. The number of benzene rings is 6. The Kier molecular flexibility index (Phi) is 10.6. The average molecular weight is 702 g/mol. The fraction of sp³-hybridized carbons (Fsp3) is 0.0488. The van der Waals surface area contributed by atoms with E-state index < -0.39 is 34.7 Å². The lowest BCUT2D eigenvalue weighted by atomic mass is 10.0. The topological polar surface area (TPSA) is 87.3 Å². The predicted octanol–water partition coefficient (Wildman–Crippen LogP) is 9.74. The number of hydrogen-bond acceptors (Lipinski definition) is 4. The van der Waals surface area contributed by atoms with Crippen LogP contribution in [-0.4, -0.2) is 17.7 Å². The summed E-state index contributed by atoms with van der Waals surface area (Å²) < 4.78 is 40.0. The van der Waals surface area contributed by atoms with E-state index in [4.69, 9.17) is 0 Å². The van der Waals surface area contributed by atoms with Crippen molar-refractivity contribution in [2.24, 2.45) is 0 Å². The van der Waals surface area contributed by atoms with Crippen LogP contribution in [0, 0.1) is 0 Å². The molecule has 0 radical (unpaired) electrons. The molecule has 254 valence electrons. The molecule has 3 amide bonds. The first-order chi connectivity index (χ1) is 24.6. The zero-order valence-electron chi connectivity index (χ0n) is 26.9. The van der Waals surface area contributed by atoms with Crippen LogP contribution in [0.2, 0.25) is 0 Å². The van der Waals surface area contributed by atoms with E-state index >= 15 is 0 Å². The summed E-state index contributed by atoms with van der Waals surface area (Å²) in [6.07, 6.45) is -2.94. The second-order valence-corrected chi connectivity index (χ2v) is 12.6. The number of carbonyl (C=O) groups is 3. The molecule has 0 saturated carbocycles. The molecule has 0 aliphatic carbocycles. The standard InChI is InChI=1S/C41H30F3N3O3S/c42-41(43,44)31-19-10-20-32(25-31)46-40(50)37(28-13-3-1-4-14-28)51-34-22-11-21-33(26-34)45-39(49)36(47-38(48)29-15-5-2-6-16-29)24-30-18-9-17-27-12-7-8-23-35(27)30/h1-26,37H,(H,45,49)(H,46,50)(H,47,48)/b36-24+. The fourth-order valence-corrected chi connectivity index (χ4v) is 6.42. The van der Waals surface area contributed by atoms with E-state index in [9.17, 15) is 27.6 Å². The maximum absolute atomic E-state index is 13.8. The van der Waals surface area contributed by atoms with Gasteiger partial charge in [0.05, 0.1) is 5.56 Å². The molecule has 1 unspecified atom stereocenters. The SMILES string of the molecule is O=C(Nc1cccc(SC(C(=O)Nc2cccc(C(F)(F)F)c2)c2ccccc2)c1)/C(=C\c1cccc2ccccc12)NC(=O)c1ccccc1. The van der Waals surface area contributed by atoms with Crippen LogP contribution in [0.3, 0.4) is 0 Å². The Morgan fingerprint density at radius 2 is 1.27 bits per heavy atom. The van der Waals surface area contributed by atoms with Crippen molar-refractivity contribution in [1.29, 1.82) is 0 Å². The Labute approximate surface area is 296 Å². The molecule has 0 fully saturated rings.